The second kappa shape index (κ2) is 15.6. The first kappa shape index (κ1) is 41.4. The van der Waals surface area contributed by atoms with Crippen molar-refractivity contribution in [1.82, 2.24) is 5.32 Å². The molecule has 302 valence electrons. The average molecular weight is 786 g/mol. The highest BCUT2D eigenvalue weighted by Crippen LogP contribution is 2.57. The van der Waals surface area contributed by atoms with Gasteiger partial charge in [0.15, 0.2) is 17.0 Å². The van der Waals surface area contributed by atoms with Crippen molar-refractivity contribution in [3.05, 3.63) is 104 Å². The monoisotopic (exact) mass is 785 g/mol. The van der Waals surface area contributed by atoms with Crippen molar-refractivity contribution in [3.63, 3.8) is 0 Å². The summed E-state index contributed by atoms with van der Waals surface area (Å²) in [6.45, 7) is 9.13. The maximum atomic E-state index is 15.1. The van der Waals surface area contributed by atoms with E-state index >= 15 is 4.79 Å². The molecular formula is C43H47NO13. The van der Waals surface area contributed by atoms with Crippen LogP contribution >= 0.6 is 0 Å². The van der Waals surface area contributed by atoms with Crippen molar-refractivity contribution in [2.45, 2.75) is 89.8 Å². The van der Waals surface area contributed by atoms with Gasteiger partial charge in [-0.05, 0) is 43.0 Å². The van der Waals surface area contributed by atoms with Gasteiger partial charge >= 0.3 is 5.97 Å². The highest BCUT2D eigenvalue weighted by Gasteiger charge is 2.73. The van der Waals surface area contributed by atoms with Gasteiger partial charge in [0, 0.05) is 49.3 Å². The molecule has 1 saturated heterocycles. The molecule has 3 aromatic carbocycles. The van der Waals surface area contributed by atoms with Crippen LogP contribution in [0.4, 0.5) is 0 Å². The fraction of sp³-hybridized carbons (Fsp3) is 0.419. The molecule has 0 bridgehead atoms. The smallest absolute Gasteiger partial charge is 0.341 e. The summed E-state index contributed by atoms with van der Waals surface area (Å²) in [4.78, 5) is 71.0. The Bertz CT molecular complexity index is 2200. The van der Waals surface area contributed by atoms with E-state index in [0.29, 0.717) is 17.5 Å². The number of hydrogen-bond donors (Lipinski definition) is 4. The number of phenolic OH excluding ortho intramolecular Hbond substituents is 1. The summed E-state index contributed by atoms with van der Waals surface area (Å²) in [6, 6.07) is 11.3. The summed E-state index contributed by atoms with van der Waals surface area (Å²) in [7, 11) is 3.72. The van der Waals surface area contributed by atoms with E-state index in [2.05, 4.69) is 5.32 Å². The third-order valence-corrected chi connectivity index (χ3v) is 11.3. The summed E-state index contributed by atoms with van der Waals surface area (Å²) in [5.41, 5.74) is -7.75. The molecule has 14 nitrogen and oxygen atoms in total. The standard InChI is InChI=1S/C41H41NO13.C2H6/c1-18-12-22-14-28(44)41(53-6)37(48)31-24(36(47)40(41,50)32(22)35(29(18)39(49)52-5)54-17-21-10-8-7-9-11-21)15-23-30(34(31)46)26(43)16-25(33(23)45)42-38-19(2)13-27(51-4)20(3)55-38;1-2/h7-12,15-16,19-20,27-28,38,42,44,46,50H,13-14,17H2,1-6H3;1-2H3/t19-,20+,27-,28-,38?,40+,41-;/m1./s1. The maximum Gasteiger partial charge on any atom is 0.341 e. The van der Waals surface area contributed by atoms with Crippen LogP contribution in [-0.4, -0.2) is 95.9 Å². The van der Waals surface area contributed by atoms with Crippen LogP contribution in [0, 0.1) is 12.8 Å². The first-order valence-corrected chi connectivity index (χ1v) is 18.8. The van der Waals surface area contributed by atoms with Crippen LogP contribution in [-0.2, 0) is 37.6 Å². The fourth-order valence-electron chi connectivity index (χ4n) is 8.56. The number of aliphatic hydroxyl groups is 2. The van der Waals surface area contributed by atoms with Crippen LogP contribution in [0.25, 0.3) is 0 Å². The van der Waals surface area contributed by atoms with Crippen LogP contribution in [0.15, 0.2) is 54.2 Å². The minimum atomic E-state index is -3.11. The number of esters is 1. The summed E-state index contributed by atoms with van der Waals surface area (Å²) in [5, 5.41) is 39.4. The maximum absolute atomic E-state index is 15.1. The number of aliphatic hydroxyl groups excluding tert-OH is 1. The van der Waals surface area contributed by atoms with E-state index in [1.165, 1.54) is 6.07 Å². The normalized spacial score (nSPS) is 27.5. The largest absolute Gasteiger partial charge is 0.506 e. The zero-order valence-electron chi connectivity index (χ0n) is 33.1. The van der Waals surface area contributed by atoms with Crippen molar-refractivity contribution < 1.29 is 63.0 Å². The quantitative estimate of drug-likeness (QED) is 0.235. The Morgan fingerprint density at radius 3 is 2.30 bits per heavy atom. The number of aromatic hydroxyl groups is 1. The van der Waals surface area contributed by atoms with E-state index in [1.54, 1.807) is 44.4 Å². The molecule has 1 fully saturated rings. The van der Waals surface area contributed by atoms with E-state index < -0.39 is 80.6 Å². The number of benzene rings is 3. The fourth-order valence-corrected chi connectivity index (χ4v) is 8.56. The Morgan fingerprint density at radius 2 is 1.67 bits per heavy atom. The molecule has 0 saturated carbocycles. The molecule has 1 unspecified atom stereocenters. The molecule has 0 amide bonds. The molecule has 4 aliphatic rings. The number of phenols is 1. The van der Waals surface area contributed by atoms with E-state index in [0.717, 1.165) is 26.4 Å². The van der Waals surface area contributed by atoms with Crippen molar-refractivity contribution in [2.75, 3.05) is 21.3 Å². The van der Waals surface area contributed by atoms with Gasteiger partial charge in [-0.1, -0.05) is 57.2 Å². The molecule has 14 heteroatoms. The number of nitrogens with one attached hydrogen (secondary N) is 1. The molecule has 3 aromatic rings. The Labute approximate surface area is 329 Å². The summed E-state index contributed by atoms with van der Waals surface area (Å²) in [5.74, 6) is -6.45. The summed E-state index contributed by atoms with van der Waals surface area (Å²) < 4.78 is 28.6. The Kier molecular flexibility index (Phi) is 11.3. The number of allylic oxidation sites excluding steroid dienone is 2. The molecule has 0 spiro atoms. The lowest BCUT2D eigenvalue weighted by molar-refractivity contribution is -0.181. The zero-order valence-corrected chi connectivity index (χ0v) is 33.1. The van der Waals surface area contributed by atoms with Crippen LogP contribution in [0.5, 0.6) is 11.5 Å². The number of rotatable bonds is 8. The third kappa shape index (κ3) is 6.18. The van der Waals surface area contributed by atoms with E-state index in [9.17, 15) is 34.5 Å². The van der Waals surface area contributed by atoms with Crippen LogP contribution in [0.3, 0.4) is 0 Å². The lowest BCUT2D eigenvalue weighted by Gasteiger charge is -2.53. The van der Waals surface area contributed by atoms with E-state index in [1.807, 2.05) is 27.7 Å². The van der Waals surface area contributed by atoms with Gasteiger partial charge in [-0.25, -0.2) is 4.79 Å². The topological polar surface area (TPSA) is 204 Å². The van der Waals surface area contributed by atoms with Gasteiger partial charge in [0.05, 0.1) is 42.2 Å². The average Bonchev–Trinajstić information content (AvgIpc) is 3.19. The van der Waals surface area contributed by atoms with E-state index in [-0.39, 0.29) is 59.3 Å². The van der Waals surface area contributed by atoms with Crippen LogP contribution < -0.4 is 10.1 Å². The molecule has 1 heterocycles. The number of ether oxygens (including phenoxy) is 5. The van der Waals surface area contributed by atoms with Gasteiger partial charge < -0.3 is 44.3 Å². The number of carbonyl (C=O) groups excluding carboxylic acids is 5. The highest BCUT2D eigenvalue weighted by molar-refractivity contribution is 6.31. The minimum absolute atomic E-state index is 0.153. The Hall–Kier alpha value is -5.25. The highest BCUT2D eigenvalue weighted by atomic mass is 16.6. The number of ketones is 4. The van der Waals surface area contributed by atoms with Gasteiger partial charge in [-0.15, -0.1) is 0 Å². The van der Waals surface area contributed by atoms with Crippen LogP contribution in [0.2, 0.25) is 0 Å². The zero-order chi connectivity index (χ0) is 41.7. The number of Topliss-reactive ketones (excluding diaryl/α,β-unsaturated/α-hetero) is 3. The molecule has 7 atom stereocenters. The second-order valence-electron chi connectivity index (χ2n) is 14.4. The predicted octanol–water partition coefficient (Wildman–Crippen LogP) is 4.30. The lowest BCUT2D eigenvalue weighted by Crippen LogP contribution is -2.73. The first-order chi connectivity index (χ1) is 27.2. The van der Waals surface area contributed by atoms with Gasteiger partial charge in [-0.2, -0.15) is 0 Å². The van der Waals surface area contributed by atoms with Crippen molar-refractivity contribution >= 4 is 29.1 Å². The molecule has 7 rings (SSSR count). The SMILES string of the molecule is CC.COC(=O)c1c(C)cc2c(c1OCc1ccccc1)[C@]1(O)C(=O)c3cc4c(c(O)c3C(=O)[C@]1(OC)[C@H](O)C2)C(=O)C=C(NC1O[C@@H](C)[C@H](OC)C[C@H]1C)C4=O. The van der Waals surface area contributed by atoms with Crippen LogP contribution in [0.1, 0.15) is 108 Å². The van der Waals surface area contributed by atoms with Gasteiger partial charge in [0.25, 0.3) is 0 Å². The molecular weight excluding hydrogens is 738 g/mol. The predicted molar refractivity (Wildman–Crippen MR) is 204 cm³/mol. The minimum Gasteiger partial charge on any atom is -0.506 e. The van der Waals surface area contributed by atoms with Gasteiger partial charge in [0.1, 0.15) is 29.9 Å². The summed E-state index contributed by atoms with van der Waals surface area (Å²) in [6.07, 6.45) is -1.93. The number of carbonyl (C=O) groups is 5. The van der Waals surface area contributed by atoms with Crippen molar-refractivity contribution in [1.29, 1.82) is 0 Å². The second-order valence-corrected chi connectivity index (χ2v) is 14.4. The first-order valence-electron chi connectivity index (χ1n) is 18.8. The molecule has 0 radical (unpaired) electrons. The Morgan fingerprint density at radius 1 is 0.982 bits per heavy atom. The summed E-state index contributed by atoms with van der Waals surface area (Å²) >= 11 is 0. The molecule has 3 aliphatic carbocycles. The third-order valence-electron chi connectivity index (χ3n) is 11.3. The number of fused-ring (bicyclic) bond motifs is 5. The molecule has 1 aliphatic heterocycles. The van der Waals surface area contributed by atoms with Gasteiger partial charge in [0.2, 0.25) is 17.3 Å². The number of hydrogen-bond acceptors (Lipinski definition) is 14. The number of methoxy groups -OCH3 is 3. The van der Waals surface area contributed by atoms with Gasteiger partial charge in [-0.3, -0.25) is 19.2 Å². The van der Waals surface area contributed by atoms with E-state index in [4.69, 9.17) is 23.7 Å². The van der Waals surface area contributed by atoms with Crippen molar-refractivity contribution in [3.8, 4) is 11.5 Å². The number of aryl methyl sites for hydroxylation is 1. The lowest BCUT2D eigenvalue weighted by atomic mass is 9.56. The molecule has 4 N–H and O–H groups in total. The van der Waals surface area contributed by atoms with Crippen molar-refractivity contribution in [2.24, 2.45) is 5.92 Å². The Balaban J connectivity index is 0.00000270. The molecule has 0 aromatic heterocycles. The molecule has 57 heavy (non-hydrogen) atoms.